The third-order valence-electron chi connectivity index (χ3n) is 3.76. The van der Waals surface area contributed by atoms with E-state index in [2.05, 4.69) is 5.32 Å². The number of urea groups is 1. The number of ether oxygens (including phenoxy) is 1. The first kappa shape index (κ1) is 17.1. The number of amides is 3. The molecule has 1 aliphatic rings. The largest absolute Gasteiger partial charge is 0.448 e. The monoisotopic (exact) mass is 362 g/mol. The van der Waals surface area contributed by atoms with Gasteiger partial charge in [0.1, 0.15) is 10.7 Å². The zero-order valence-corrected chi connectivity index (χ0v) is 14.1. The normalized spacial score (nSPS) is 15.0. The fourth-order valence-corrected chi connectivity index (χ4v) is 3.29. The summed E-state index contributed by atoms with van der Waals surface area (Å²) in [5.41, 5.74) is 1.28. The second-order valence-electron chi connectivity index (χ2n) is 5.44. The molecule has 0 saturated carbocycles. The summed E-state index contributed by atoms with van der Waals surface area (Å²) in [6.07, 6.45) is -1.08. The van der Waals surface area contributed by atoms with E-state index in [1.807, 2.05) is 0 Å². The topological polar surface area (TPSA) is 75.7 Å². The quantitative estimate of drug-likeness (QED) is 0.849. The van der Waals surface area contributed by atoms with Crippen molar-refractivity contribution >= 4 is 29.2 Å². The summed E-state index contributed by atoms with van der Waals surface area (Å²) in [6.45, 7) is 2.06. The van der Waals surface area contributed by atoms with Crippen molar-refractivity contribution in [1.29, 1.82) is 0 Å². The number of esters is 1. The van der Waals surface area contributed by atoms with E-state index in [4.69, 9.17) is 4.74 Å². The second-order valence-corrected chi connectivity index (χ2v) is 6.36. The molecule has 1 aromatic carbocycles. The number of carbonyl (C=O) groups excluding carboxylic acids is 3. The molecule has 8 heteroatoms. The first-order valence-electron chi connectivity index (χ1n) is 7.61. The highest BCUT2D eigenvalue weighted by Gasteiger charge is 2.32. The van der Waals surface area contributed by atoms with Crippen molar-refractivity contribution in [2.75, 3.05) is 13.1 Å². The molecule has 3 rings (SSSR count). The molecule has 0 unspecified atom stereocenters. The molecular formula is C17H15FN2O4S. The van der Waals surface area contributed by atoms with Crippen molar-refractivity contribution in [1.82, 2.24) is 10.2 Å². The summed E-state index contributed by atoms with van der Waals surface area (Å²) in [5, 5.41) is 4.24. The number of carbonyl (C=O) groups is 3. The van der Waals surface area contributed by atoms with Gasteiger partial charge in [-0.3, -0.25) is 9.69 Å². The minimum atomic E-state index is -1.08. The molecule has 1 atom stereocenters. The van der Waals surface area contributed by atoms with Gasteiger partial charge in [0.25, 0.3) is 5.91 Å². The Kier molecular flexibility index (Phi) is 4.80. The second kappa shape index (κ2) is 7.02. The number of benzene rings is 1. The SMILES string of the molecule is C[C@H](OC(=O)c1sccc1-c1ccc(F)cc1)C(=O)N1CCNC1=O. The number of rotatable bonds is 4. The van der Waals surface area contributed by atoms with Crippen LogP contribution in [-0.2, 0) is 9.53 Å². The molecule has 0 aliphatic carbocycles. The third-order valence-corrected chi connectivity index (χ3v) is 4.65. The van der Waals surface area contributed by atoms with Crippen molar-refractivity contribution in [2.45, 2.75) is 13.0 Å². The fourth-order valence-electron chi connectivity index (χ4n) is 2.49. The maximum Gasteiger partial charge on any atom is 0.349 e. The van der Waals surface area contributed by atoms with Crippen LogP contribution in [0.15, 0.2) is 35.7 Å². The van der Waals surface area contributed by atoms with Crippen LogP contribution in [0, 0.1) is 5.82 Å². The molecule has 1 N–H and O–H groups in total. The fraction of sp³-hybridized carbons (Fsp3) is 0.235. The Labute approximate surface area is 147 Å². The lowest BCUT2D eigenvalue weighted by Gasteiger charge is -2.18. The van der Waals surface area contributed by atoms with E-state index in [1.54, 1.807) is 23.6 Å². The van der Waals surface area contributed by atoms with Crippen LogP contribution in [0.5, 0.6) is 0 Å². The van der Waals surface area contributed by atoms with Gasteiger partial charge in [0, 0.05) is 18.7 Å². The van der Waals surface area contributed by atoms with Gasteiger partial charge < -0.3 is 10.1 Å². The van der Waals surface area contributed by atoms with Crippen LogP contribution in [-0.4, -0.2) is 42.0 Å². The number of hydrogen-bond donors (Lipinski definition) is 1. The molecule has 0 bridgehead atoms. The zero-order chi connectivity index (χ0) is 18.0. The predicted molar refractivity (Wildman–Crippen MR) is 89.7 cm³/mol. The Morgan fingerprint density at radius 3 is 2.64 bits per heavy atom. The van der Waals surface area contributed by atoms with Gasteiger partial charge in [-0.25, -0.2) is 14.0 Å². The lowest BCUT2D eigenvalue weighted by Crippen LogP contribution is -2.41. The molecule has 2 aromatic rings. The molecule has 25 heavy (non-hydrogen) atoms. The molecule has 1 fully saturated rings. The van der Waals surface area contributed by atoms with E-state index in [9.17, 15) is 18.8 Å². The predicted octanol–water partition coefficient (Wildman–Crippen LogP) is 2.65. The summed E-state index contributed by atoms with van der Waals surface area (Å²) in [7, 11) is 0. The van der Waals surface area contributed by atoms with Gasteiger partial charge in [-0.15, -0.1) is 11.3 Å². The molecule has 0 radical (unpaired) electrons. The number of halogens is 1. The van der Waals surface area contributed by atoms with Gasteiger partial charge in [-0.1, -0.05) is 12.1 Å². The summed E-state index contributed by atoms with van der Waals surface area (Å²) < 4.78 is 18.3. The summed E-state index contributed by atoms with van der Waals surface area (Å²) in [4.78, 5) is 37.5. The highest BCUT2D eigenvalue weighted by molar-refractivity contribution is 7.12. The van der Waals surface area contributed by atoms with Crippen molar-refractivity contribution < 1.29 is 23.5 Å². The smallest absolute Gasteiger partial charge is 0.349 e. The van der Waals surface area contributed by atoms with E-state index in [1.165, 1.54) is 30.4 Å². The van der Waals surface area contributed by atoms with Crippen LogP contribution < -0.4 is 5.32 Å². The highest BCUT2D eigenvalue weighted by atomic mass is 32.1. The number of hydrogen-bond acceptors (Lipinski definition) is 5. The first-order chi connectivity index (χ1) is 12.0. The van der Waals surface area contributed by atoms with Gasteiger partial charge in [-0.05, 0) is 36.1 Å². The van der Waals surface area contributed by atoms with Crippen molar-refractivity contribution in [3.8, 4) is 11.1 Å². The number of imide groups is 1. The molecule has 2 heterocycles. The van der Waals surface area contributed by atoms with Crippen molar-refractivity contribution in [3.63, 3.8) is 0 Å². The minimum absolute atomic E-state index is 0.249. The summed E-state index contributed by atoms with van der Waals surface area (Å²) >= 11 is 1.17. The number of nitrogens with zero attached hydrogens (tertiary/aromatic N) is 1. The Bertz CT molecular complexity index is 818. The van der Waals surface area contributed by atoms with Crippen LogP contribution in [0.3, 0.4) is 0 Å². The lowest BCUT2D eigenvalue weighted by atomic mass is 10.1. The van der Waals surface area contributed by atoms with Crippen LogP contribution in [0.1, 0.15) is 16.6 Å². The van der Waals surface area contributed by atoms with Crippen LogP contribution in [0.4, 0.5) is 9.18 Å². The van der Waals surface area contributed by atoms with Gasteiger partial charge in [-0.2, -0.15) is 0 Å². The first-order valence-corrected chi connectivity index (χ1v) is 8.49. The average Bonchev–Trinajstić information content (AvgIpc) is 3.23. The van der Waals surface area contributed by atoms with Crippen molar-refractivity contribution in [2.24, 2.45) is 0 Å². The number of thiophene rings is 1. The molecule has 130 valence electrons. The van der Waals surface area contributed by atoms with Crippen molar-refractivity contribution in [3.05, 3.63) is 46.4 Å². The lowest BCUT2D eigenvalue weighted by molar-refractivity contribution is -0.135. The standard InChI is InChI=1S/C17H15FN2O4S/c1-10(15(21)20-8-7-19-17(20)23)24-16(22)14-13(6-9-25-14)11-2-4-12(18)5-3-11/h2-6,9-10H,7-8H2,1H3,(H,19,23)/t10-/m0/s1. The summed E-state index contributed by atoms with van der Waals surface area (Å²) in [6, 6.07) is 6.99. The Morgan fingerprint density at radius 1 is 1.28 bits per heavy atom. The van der Waals surface area contributed by atoms with Crippen LogP contribution >= 0.6 is 11.3 Å². The van der Waals surface area contributed by atoms with Crippen LogP contribution in [0.25, 0.3) is 11.1 Å². The molecule has 1 aromatic heterocycles. The average molecular weight is 362 g/mol. The van der Waals surface area contributed by atoms with Gasteiger partial charge >= 0.3 is 12.0 Å². The Balaban J connectivity index is 1.74. The van der Waals surface area contributed by atoms with Gasteiger partial charge in [0.2, 0.25) is 0 Å². The Morgan fingerprint density at radius 2 is 2.00 bits per heavy atom. The van der Waals surface area contributed by atoms with Gasteiger partial charge in [0.15, 0.2) is 6.10 Å². The van der Waals surface area contributed by atoms with Gasteiger partial charge in [0.05, 0.1) is 0 Å². The zero-order valence-electron chi connectivity index (χ0n) is 13.3. The molecule has 0 spiro atoms. The minimum Gasteiger partial charge on any atom is -0.448 e. The van der Waals surface area contributed by atoms with E-state index >= 15 is 0 Å². The molecule has 3 amide bonds. The Hall–Kier alpha value is -2.74. The highest BCUT2D eigenvalue weighted by Crippen LogP contribution is 2.29. The summed E-state index contributed by atoms with van der Waals surface area (Å²) in [5.74, 6) is -1.59. The van der Waals surface area contributed by atoms with E-state index in [-0.39, 0.29) is 12.4 Å². The molecule has 6 nitrogen and oxygen atoms in total. The van der Waals surface area contributed by atoms with Crippen LogP contribution in [0.2, 0.25) is 0 Å². The number of nitrogens with one attached hydrogen (secondary N) is 1. The maximum atomic E-state index is 13.1. The molecule has 1 aliphatic heterocycles. The maximum absolute atomic E-state index is 13.1. The third kappa shape index (κ3) is 3.53. The van der Waals surface area contributed by atoms with E-state index in [0.717, 1.165) is 4.90 Å². The molecule has 1 saturated heterocycles. The van der Waals surface area contributed by atoms with E-state index in [0.29, 0.717) is 22.5 Å². The molecular weight excluding hydrogens is 347 g/mol. The van der Waals surface area contributed by atoms with E-state index < -0.39 is 24.0 Å².